The number of hydrogen-bond acceptors (Lipinski definition) is 3. The standard InChI is InChI=1S/C15H18ClNO3S/c1-8-7-21-14(13(8)16)15(20)17-10-2-3-11(17)5-9(4-10)6-12(18)19/h7,9-11H,2-6H2,1H3,(H,18,19). The summed E-state index contributed by atoms with van der Waals surface area (Å²) in [5.74, 6) is -0.514. The number of hydrogen-bond donors (Lipinski definition) is 1. The van der Waals surface area contributed by atoms with Crippen molar-refractivity contribution in [3.8, 4) is 0 Å². The molecule has 0 aromatic carbocycles. The minimum Gasteiger partial charge on any atom is -0.481 e. The van der Waals surface area contributed by atoms with Gasteiger partial charge in [0, 0.05) is 18.5 Å². The van der Waals surface area contributed by atoms with Gasteiger partial charge in [0.15, 0.2) is 0 Å². The van der Waals surface area contributed by atoms with Gasteiger partial charge in [0.25, 0.3) is 5.91 Å². The van der Waals surface area contributed by atoms with E-state index in [1.165, 1.54) is 11.3 Å². The van der Waals surface area contributed by atoms with Crippen molar-refractivity contribution in [2.45, 2.75) is 51.1 Å². The van der Waals surface area contributed by atoms with E-state index in [0.717, 1.165) is 31.2 Å². The maximum atomic E-state index is 12.8. The molecule has 1 N–H and O–H groups in total. The molecule has 21 heavy (non-hydrogen) atoms. The van der Waals surface area contributed by atoms with Gasteiger partial charge in [-0.3, -0.25) is 9.59 Å². The first-order valence-electron chi connectivity index (χ1n) is 7.25. The Morgan fingerprint density at radius 3 is 2.48 bits per heavy atom. The van der Waals surface area contributed by atoms with E-state index in [9.17, 15) is 9.59 Å². The molecule has 2 aliphatic heterocycles. The van der Waals surface area contributed by atoms with Crippen LogP contribution in [0.25, 0.3) is 0 Å². The van der Waals surface area contributed by atoms with Gasteiger partial charge in [-0.2, -0.15) is 0 Å². The molecule has 4 nitrogen and oxygen atoms in total. The van der Waals surface area contributed by atoms with Crippen LogP contribution < -0.4 is 0 Å². The Bertz CT molecular complexity index is 571. The van der Waals surface area contributed by atoms with Crippen molar-refractivity contribution in [2.24, 2.45) is 5.92 Å². The van der Waals surface area contributed by atoms with Gasteiger partial charge in [0.05, 0.1) is 5.02 Å². The van der Waals surface area contributed by atoms with Crippen LogP contribution in [-0.2, 0) is 4.79 Å². The van der Waals surface area contributed by atoms with E-state index in [1.54, 1.807) is 0 Å². The van der Waals surface area contributed by atoms with E-state index in [-0.39, 0.29) is 30.3 Å². The van der Waals surface area contributed by atoms with Gasteiger partial charge in [-0.05, 0) is 49.5 Å². The topological polar surface area (TPSA) is 57.6 Å². The van der Waals surface area contributed by atoms with E-state index in [2.05, 4.69) is 0 Å². The number of halogens is 1. The van der Waals surface area contributed by atoms with Crippen molar-refractivity contribution in [3.05, 3.63) is 20.8 Å². The highest BCUT2D eigenvalue weighted by molar-refractivity contribution is 7.13. The highest BCUT2D eigenvalue weighted by Gasteiger charge is 2.44. The molecule has 3 rings (SSSR count). The Morgan fingerprint density at radius 2 is 2.00 bits per heavy atom. The minimum absolute atomic E-state index is 0.0272. The number of fused-ring (bicyclic) bond motifs is 2. The van der Waals surface area contributed by atoms with Crippen LogP contribution in [0, 0.1) is 12.8 Å². The van der Waals surface area contributed by atoms with Crippen LogP contribution in [-0.4, -0.2) is 34.0 Å². The summed E-state index contributed by atoms with van der Waals surface area (Å²) in [5, 5.41) is 11.4. The zero-order valence-corrected chi connectivity index (χ0v) is 13.4. The normalized spacial score (nSPS) is 27.9. The van der Waals surface area contributed by atoms with Crippen molar-refractivity contribution < 1.29 is 14.7 Å². The molecule has 2 unspecified atom stereocenters. The number of thiophene rings is 1. The molecule has 6 heteroatoms. The molecule has 2 fully saturated rings. The zero-order chi connectivity index (χ0) is 15.1. The fraction of sp³-hybridized carbons (Fsp3) is 0.600. The number of carboxylic acid groups (broad SMARTS) is 1. The van der Waals surface area contributed by atoms with Crippen LogP contribution in [0.3, 0.4) is 0 Å². The number of amides is 1. The number of nitrogens with zero attached hydrogens (tertiary/aromatic N) is 1. The highest BCUT2D eigenvalue weighted by atomic mass is 35.5. The average Bonchev–Trinajstić information content (AvgIpc) is 2.87. The monoisotopic (exact) mass is 327 g/mol. The fourth-order valence-corrected chi connectivity index (χ4v) is 4.94. The number of aliphatic carboxylic acids is 1. The summed E-state index contributed by atoms with van der Waals surface area (Å²) in [6.45, 7) is 1.91. The maximum Gasteiger partial charge on any atom is 0.303 e. The van der Waals surface area contributed by atoms with Crippen molar-refractivity contribution >= 4 is 34.8 Å². The van der Waals surface area contributed by atoms with Crippen molar-refractivity contribution in [3.63, 3.8) is 0 Å². The molecule has 0 saturated carbocycles. The SMILES string of the molecule is Cc1csc(C(=O)N2C3CCC2CC(CC(=O)O)C3)c1Cl. The second kappa shape index (κ2) is 5.61. The van der Waals surface area contributed by atoms with Crippen LogP contribution in [0.5, 0.6) is 0 Å². The second-order valence-corrected chi connectivity index (χ2v) is 7.35. The highest BCUT2D eigenvalue weighted by Crippen LogP contribution is 2.42. The van der Waals surface area contributed by atoms with E-state index < -0.39 is 5.97 Å². The molecular formula is C15H18ClNO3S. The number of aryl methyl sites for hydroxylation is 1. The van der Waals surface area contributed by atoms with Crippen LogP contribution in [0.4, 0.5) is 0 Å². The van der Waals surface area contributed by atoms with Crippen LogP contribution in [0.15, 0.2) is 5.38 Å². The molecule has 2 atom stereocenters. The Hall–Kier alpha value is -1.07. The third kappa shape index (κ3) is 2.69. The predicted octanol–water partition coefficient (Wildman–Crippen LogP) is 3.57. The number of rotatable bonds is 3. The summed E-state index contributed by atoms with van der Waals surface area (Å²) in [5.41, 5.74) is 0.943. The number of piperidine rings is 1. The first kappa shape index (κ1) is 14.9. The average molecular weight is 328 g/mol. The molecule has 0 spiro atoms. The fourth-order valence-electron chi connectivity index (χ4n) is 3.73. The van der Waals surface area contributed by atoms with Crippen LogP contribution >= 0.6 is 22.9 Å². The molecule has 2 saturated heterocycles. The molecule has 0 radical (unpaired) electrons. The van der Waals surface area contributed by atoms with Gasteiger partial charge in [0.1, 0.15) is 4.88 Å². The van der Waals surface area contributed by atoms with E-state index >= 15 is 0 Å². The van der Waals surface area contributed by atoms with Gasteiger partial charge in [-0.1, -0.05) is 11.6 Å². The number of carboxylic acids is 1. The maximum absolute atomic E-state index is 12.8. The molecule has 114 valence electrons. The first-order valence-corrected chi connectivity index (χ1v) is 8.51. The van der Waals surface area contributed by atoms with E-state index in [1.807, 2.05) is 17.2 Å². The summed E-state index contributed by atoms with van der Waals surface area (Å²) in [7, 11) is 0. The molecule has 2 bridgehead atoms. The van der Waals surface area contributed by atoms with Gasteiger partial charge in [0.2, 0.25) is 0 Å². The van der Waals surface area contributed by atoms with Crippen molar-refractivity contribution in [2.75, 3.05) is 0 Å². The quantitative estimate of drug-likeness (QED) is 0.923. The van der Waals surface area contributed by atoms with Gasteiger partial charge in [-0.15, -0.1) is 11.3 Å². The Morgan fingerprint density at radius 1 is 1.38 bits per heavy atom. The van der Waals surface area contributed by atoms with E-state index in [4.69, 9.17) is 16.7 Å². The van der Waals surface area contributed by atoms with Crippen LogP contribution in [0.2, 0.25) is 5.02 Å². The predicted molar refractivity (Wildman–Crippen MR) is 82.0 cm³/mol. The van der Waals surface area contributed by atoms with Gasteiger partial charge < -0.3 is 10.0 Å². The Kier molecular flexibility index (Phi) is 3.97. The lowest BCUT2D eigenvalue weighted by Crippen LogP contribution is -2.46. The largest absolute Gasteiger partial charge is 0.481 e. The first-order chi connectivity index (χ1) is 9.97. The molecule has 1 amide bonds. The molecule has 2 aliphatic rings. The molecular weight excluding hydrogens is 310 g/mol. The van der Waals surface area contributed by atoms with E-state index in [0.29, 0.717) is 9.90 Å². The zero-order valence-electron chi connectivity index (χ0n) is 11.8. The van der Waals surface area contributed by atoms with Gasteiger partial charge >= 0.3 is 5.97 Å². The second-order valence-electron chi connectivity index (χ2n) is 6.09. The molecule has 1 aromatic heterocycles. The summed E-state index contributed by atoms with van der Waals surface area (Å²) in [4.78, 5) is 26.2. The number of carbonyl (C=O) groups excluding carboxylic acids is 1. The summed E-state index contributed by atoms with van der Waals surface area (Å²) in [6, 6.07) is 0.359. The lowest BCUT2D eigenvalue weighted by atomic mass is 9.88. The third-order valence-corrected chi connectivity index (χ3v) is 6.31. The Labute approximate surface area is 132 Å². The van der Waals surface area contributed by atoms with Crippen molar-refractivity contribution in [1.29, 1.82) is 0 Å². The molecule has 0 aliphatic carbocycles. The molecule has 1 aromatic rings. The number of carbonyl (C=O) groups is 2. The third-order valence-electron chi connectivity index (χ3n) is 4.62. The summed E-state index contributed by atoms with van der Waals surface area (Å²) < 4.78 is 0. The lowest BCUT2D eigenvalue weighted by molar-refractivity contribution is -0.138. The summed E-state index contributed by atoms with van der Waals surface area (Å²) >= 11 is 7.63. The van der Waals surface area contributed by atoms with Gasteiger partial charge in [-0.25, -0.2) is 0 Å². The summed E-state index contributed by atoms with van der Waals surface area (Å²) in [6.07, 6.45) is 3.78. The lowest BCUT2D eigenvalue weighted by Gasteiger charge is -2.38. The Balaban J connectivity index is 1.77. The van der Waals surface area contributed by atoms with Crippen molar-refractivity contribution in [1.82, 2.24) is 4.90 Å². The van der Waals surface area contributed by atoms with Crippen LogP contribution in [0.1, 0.15) is 47.3 Å². The smallest absolute Gasteiger partial charge is 0.303 e. The molecule has 3 heterocycles. The minimum atomic E-state index is -0.740.